The Morgan fingerprint density at radius 3 is 2.54 bits per heavy atom. The van der Waals surface area contributed by atoms with Gasteiger partial charge in [0.05, 0.1) is 17.3 Å². The van der Waals surface area contributed by atoms with Gasteiger partial charge in [-0.25, -0.2) is 4.79 Å². The van der Waals surface area contributed by atoms with Gasteiger partial charge in [0.2, 0.25) is 6.79 Å². The number of carbonyl (C=O) groups is 1. The molecule has 0 aliphatic carbocycles. The highest BCUT2D eigenvalue weighted by Gasteiger charge is 2.48. The molecule has 2 aliphatic rings. The number of aromatic nitrogens is 2. The number of ether oxygens (including phenoxy) is 3. The molecule has 3 aromatic carbocycles. The van der Waals surface area contributed by atoms with E-state index in [1.165, 1.54) is 0 Å². The second kappa shape index (κ2) is 8.07. The number of nitrogens with zero attached hydrogens (tertiary/aromatic N) is 3. The van der Waals surface area contributed by atoms with Gasteiger partial charge in [0.15, 0.2) is 11.5 Å². The summed E-state index contributed by atoms with van der Waals surface area (Å²) in [5.41, 5.74) is 5.08. The van der Waals surface area contributed by atoms with Crippen molar-refractivity contribution >= 4 is 40.0 Å². The molecule has 0 radical (unpaired) electrons. The number of hydrogen-bond acceptors (Lipinski definition) is 9. The molecule has 176 valence electrons. The lowest BCUT2D eigenvalue weighted by molar-refractivity contribution is -0.185. The molecular weight excluding hydrogens is 466 g/mol. The van der Waals surface area contributed by atoms with Gasteiger partial charge in [-0.3, -0.25) is 0 Å². The number of anilines is 1. The van der Waals surface area contributed by atoms with E-state index >= 15 is 0 Å². The van der Waals surface area contributed by atoms with Crippen molar-refractivity contribution in [2.24, 2.45) is 0 Å². The van der Waals surface area contributed by atoms with Crippen molar-refractivity contribution in [3.8, 4) is 11.5 Å². The molecule has 6 rings (SSSR count). The zero-order chi connectivity index (χ0) is 24.2. The van der Waals surface area contributed by atoms with Crippen LogP contribution < -0.4 is 14.4 Å². The Balaban J connectivity index is 1.50. The predicted octanol–water partition coefficient (Wildman–Crippen LogP) is 3.88. The van der Waals surface area contributed by atoms with Crippen molar-refractivity contribution in [1.82, 2.24) is 8.75 Å². The molecule has 1 unspecified atom stereocenters. The second-order valence-corrected chi connectivity index (χ2v) is 9.19. The van der Waals surface area contributed by atoms with Crippen LogP contribution in [0.15, 0.2) is 66.2 Å². The maximum Gasteiger partial charge on any atom is 0.342 e. The zero-order valence-corrected chi connectivity index (χ0v) is 19.8. The Hall–Kier alpha value is -3.95. The number of aliphatic hydroxyl groups is 1. The Morgan fingerprint density at radius 1 is 0.971 bits per heavy atom. The number of rotatable bonds is 5. The minimum Gasteiger partial charge on any atom is -0.454 e. The van der Waals surface area contributed by atoms with Crippen LogP contribution in [0.3, 0.4) is 0 Å². The minimum absolute atomic E-state index is 0.124. The zero-order valence-electron chi connectivity index (χ0n) is 19.0. The monoisotopic (exact) mass is 487 g/mol. The van der Waals surface area contributed by atoms with Crippen molar-refractivity contribution in [1.29, 1.82) is 0 Å². The van der Waals surface area contributed by atoms with Crippen LogP contribution in [0.4, 0.5) is 5.69 Å². The van der Waals surface area contributed by atoms with Crippen LogP contribution >= 0.6 is 11.7 Å². The van der Waals surface area contributed by atoms with Crippen LogP contribution in [-0.4, -0.2) is 40.7 Å². The Labute approximate surface area is 205 Å². The smallest absolute Gasteiger partial charge is 0.342 e. The molecule has 2 aliphatic heterocycles. The van der Waals surface area contributed by atoms with Gasteiger partial charge in [-0.05, 0) is 53.6 Å². The molecular formula is C26H21N3O5S. The predicted molar refractivity (Wildman–Crippen MR) is 131 cm³/mol. The fraction of sp³-hybridized carbons (Fsp3) is 0.192. The summed E-state index contributed by atoms with van der Waals surface area (Å²) in [6.45, 7) is 0.124. The minimum atomic E-state index is -1.96. The first-order valence-electron chi connectivity index (χ1n) is 11.0. The average Bonchev–Trinajstić information content (AvgIpc) is 3.57. The molecule has 1 N–H and O–H groups in total. The van der Waals surface area contributed by atoms with Gasteiger partial charge in [0.25, 0.3) is 5.79 Å². The van der Waals surface area contributed by atoms with E-state index in [-0.39, 0.29) is 6.79 Å². The van der Waals surface area contributed by atoms with Crippen LogP contribution in [-0.2, 0) is 21.7 Å². The van der Waals surface area contributed by atoms with Gasteiger partial charge in [-0.15, -0.1) is 0 Å². The van der Waals surface area contributed by atoms with Gasteiger partial charge in [0, 0.05) is 37.3 Å². The van der Waals surface area contributed by atoms with E-state index in [9.17, 15) is 9.90 Å². The van der Waals surface area contributed by atoms with E-state index in [4.69, 9.17) is 14.2 Å². The quantitative estimate of drug-likeness (QED) is 0.424. The molecule has 1 aromatic heterocycles. The van der Waals surface area contributed by atoms with Crippen LogP contribution in [0.5, 0.6) is 11.5 Å². The molecule has 1 atom stereocenters. The van der Waals surface area contributed by atoms with Crippen molar-refractivity contribution < 1.29 is 24.1 Å². The average molecular weight is 488 g/mol. The fourth-order valence-corrected chi connectivity index (χ4v) is 4.95. The van der Waals surface area contributed by atoms with Crippen LogP contribution in [0.25, 0.3) is 16.6 Å². The van der Waals surface area contributed by atoms with Crippen molar-refractivity contribution in [3.63, 3.8) is 0 Å². The maximum atomic E-state index is 13.3. The number of hydrogen-bond donors (Lipinski definition) is 1. The summed E-state index contributed by atoms with van der Waals surface area (Å²) in [7, 11) is 3.95. The van der Waals surface area contributed by atoms with Gasteiger partial charge in [0.1, 0.15) is 11.0 Å². The molecule has 3 heterocycles. The number of carbonyl (C=O) groups excluding carboxylic acids is 1. The highest BCUT2D eigenvalue weighted by molar-refractivity contribution is 7.00. The van der Waals surface area contributed by atoms with Gasteiger partial charge < -0.3 is 24.2 Å². The summed E-state index contributed by atoms with van der Waals surface area (Å²) in [5, 5.41) is 11.9. The first-order valence-corrected chi connectivity index (χ1v) is 11.7. The molecule has 0 spiro atoms. The summed E-state index contributed by atoms with van der Waals surface area (Å²) in [4.78, 5) is 15.3. The Kier molecular flexibility index (Phi) is 4.98. The normalized spacial score (nSPS) is 18.9. The first-order chi connectivity index (χ1) is 16.9. The molecule has 0 fully saturated rings. The summed E-state index contributed by atoms with van der Waals surface area (Å²) < 4.78 is 25.2. The second-order valence-electron chi connectivity index (χ2n) is 8.66. The van der Waals surface area contributed by atoms with Crippen molar-refractivity contribution in [2.75, 3.05) is 25.8 Å². The highest BCUT2D eigenvalue weighted by Crippen LogP contribution is 2.46. The van der Waals surface area contributed by atoms with E-state index in [0.29, 0.717) is 51.2 Å². The molecule has 8 nitrogen and oxygen atoms in total. The Bertz CT molecular complexity index is 1490. The molecule has 4 aromatic rings. The van der Waals surface area contributed by atoms with Gasteiger partial charge >= 0.3 is 5.97 Å². The number of esters is 1. The van der Waals surface area contributed by atoms with Crippen molar-refractivity contribution in [2.45, 2.75) is 12.2 Å². The Morgan fingerprint density at radius 2 is 1.74 bits per heavy atom. The van der Waals surface area contributed by atoms with Crippen LogP contribution in [0, 0.1) is 0 Å². The molecule has 0 saturated heterocycles. The molecule has 0 amide bonds. The lowest BCUT2D eigenvalue weighted by Gasteiger charge is -2.26. The van der Waals surface area contributed by atoms with Gasteiger partial charge in [-0.2, -0.15) is 8.75 Å². The highest BCUT2D eigenvalue weighted by atomic mass is 32.1. The van der Waals surface area contributed by atoms with E-state index in [2.05, 4.69) is 8.75 Å². The van der Waals surface area contributed by atoms with Gasteiger partial charge in [-0.1, -0.05) is 18.2 Å². The summed E-state index contributed by atoms with van der Waals surface area (Å²) in [6, 6.07) is 18.4. The topological polar surface area (TPSA) is 94.0 Å². The number of benzene rings is 3. The van der Waals surface area contributed by atoms with Crippen molar-refractivity contribution in [3.05, 3.63) is 82.9 Å². The SMILES string of the molecule is CN(C)c1ccc(CC2=C(c3ccc4c(c3)OCO4)C(=O)OC2(O)c2ccc3nsnc3c2)cc1. The van der Waals surface area contributed by atoms with Crippen LogP contribution in [0.1, 0.15) is 16.7 Å². The third-order valence-electron chi connectivity index (χ3n) is 6.30. The van der Waals surface area contributed by atoms with Crippen LogP contribution in [0.2, 0.25) is 0 Å². The van der Waals surface area contributed by atoms with E-state index in [1.807, 2.05) is 43.3 Å². The third kappa shape index (κ3) is 3.60. The maximum absolute atomic E-state index is 13.3. The fourth-order valence-electron chi connectivity index (χ4n) is 4.43. The number of cyclic esters (lactones) is 1. The summed E-state index contributed by atoms with van der Waals surface area (Å²) >= 11 is 1.09. The molecule has 35 heavy (non-hydrogen) atoms. The van der Waals surface area contributed by atoms with E-state index < -0.39 is 11.8 Å². The lowest BCUT2D eigenvalue weighted by Crippen LogP contribution is -2.29. The third-order valence-corrected chi connectivity index (χ3v) is 6.85. The standard InChI is InChI=1S/C26H21N3O5S/c1-29(2)18-7-3-15(4-8-18)11-19-24(16-5-10-22-23(12-16)33-14-32-22)25(30)34-26(19,31)17-6-9-20-21(13-17)28-35-27-20/h3-10,12-13,31H,11,14H2,1-2H3. The van der Waals surface area contributed by atoms with E-state index in [0.717, 1.165) is 23.0 Å². The summed E-state index contributed by atoms with van der Waals surface area (Å²) in [5.74, 6) is -1.41. The molecule has 9 heteroatoms. The lowest BCUT2D eigenvalue weighted by atomic mass is 9.88. The largest absolute Gasteiger partial charge is 0.454 e. The van der Waals surface area contributed by atoms with E-state index in [1.54, 1.807) is 36.4 Å². The summed E-state index contributed by atoms with van der Waals surface area (Å²) in [6.07, 6.45) is 0.299. The molecule has 0 saturated carbocycles. The number of fused-ring (bicyclic) bond motifs is 2. The first kappa shape index (κ1) is 21.6. The molecule has 0 bridgehead atoms.